The van der Waals surface area contributed by atoms with Crippen LogP contribution in [0.15, 0.2) is 30.3 Å². The van der Waals surface area contributed by atoms with Crippen molar-refractivity contribution in [2.45, 2.75) is 26.7 Å². The highest BCUT2D eigenvalue weighted by atomic mass is 35.5. The minimum atomic E-state index is -0.0149. The normalized spacial score (nSPS) is 14.6. The van der Waals surface area contributed by atoms with E-state index in [4.69, 9.17) is 26.7 Å². The molecule has 0 unspecified atom stereocenters. The number of hydrogen-bond acceptors (Lipinski definition) is 5. The van der Waals surface area contributed by atoms with Gasteiger partial charge in [0.2, 0.25) is 5.91 Å². The molecule has 1 aliphatic heterocycles. The average molecular weight is 413 g/mol. The molecule has 7 nitrogen and oxygen atoms in total. The second kappa shape index (κ2) is 8.37. The Labute approximate surface area is 175 Å². The van der Waals surface area contributed by atoms with Gasteiger partial charge in [0.05, 0.1) is 16.8 Å². The van der Waals surface area contributed by atoms with Crippen molar-refractivity contribution >= 4 is 34.4 Å². The molecule has 0 spiro atoms. The lowest BCUT2D eigenvalue weighted by atomic mass is 10.2. The van der Waals surface area contributed by atoms with Gasteiger partial charge in [0.1, 0.15) is 17.5 Å². The van der Waals surface area contributed by atoms with Gasteiger partial charge in [0.15, 0.2) is 5.65 Å². The summed E-state index contributed by atoms with van der Waals surface area (Å²) in [5.41, 5.74) is 2.72. The number of para-hydroxylation sites is 1. The Morgan fingerprint density at radius 3 is 2.48 bits per heavy atom. The van der Waals surface area contributed by atoms with Crippen molar-refractivity contribution in [2.75, 3.05) is 37.0 Å². The SMILES string of the molecule is CCCc1nc(N2CCN(C(=O)CCl)CC2)c2c(C)nn(-c3ccccc3)c2n1. The second-order valence-electron chi connectivity index (χ2n) is 7.25. The van der Waals surface area contributed by atoms with Gasteiger partial charge in [0.25, 0.3) is 0 Å². The number of amides is 1. The van der Waals surface area contributed by atoms with Crippen molar-refractivity contribution < 1.29 is 4.79 Å². The number of benzene rings is 1. The summed E-state index contributed by atoms with van der Waals surface area (Å²) in [4.78, 5) is 25.7. The topological polar surface area (TPSA) is 67.2 Å². The van der Waals surface area contributed by atoms with Crippen LogP contribution in [0.5, 0.6) is 0 Å². The molecule has 4 rings (SSSR count). The number of carbonyl (C=O) groups excluding carboxylic acids is 1. The van der Waals surface area contributed by atoms with Crippen LogP contribution in [0.25, 0.3) is 16.7 Å². The summed E-state index contributed by atoms with van der Waals surface area (Å²) < 4.78 is 1.91. The van der Waals surface area contributed by atoms with Gasteiger partial charge in [-0.3, -0.25) is 4.79 Å². The molecule has 152 valence electrons. The quantitative estimate of drug-likeness (QED) is 0.603. The molecule has 1 amide bonds. The number of piperazine rings is 1. The lowest BCUT2D eigenvalue weighted by Gasteiger charge is -2.35. The van der Waals surface area contributed by atoms with Crippen LogP contribution in [-0.2, 0) is 11.2 Å². The number of nitrogens with zero attached hydrogens (tertiary/aromatic N) is 6. The van der Waals surface area contributed by atoms with E-state index in [1.54, 1.807) is 0 Å². The molecular weight excluding hydrogens is 388 g/mol. The first-order chi connectivity index (χ1) is 14.1. The summed E-state index contributed by atoms with van der Waals surface area (Å²) >= 11 is 5.72. The number of rotatable bonds is 5. The summed E-state index contributed by atoms with van der Waals surface area (Å²) in [6, 6.07) is 10.1. The first-order valence-electron chi connectivity index (χ1n) is 10.0. The van der Waals surface area contributed by atoms with Crippen LogP contribution >= 0.6 is 11.6 Å². The minimum absolute atomic E-state index is 0.0149. The Balaban J connectivity index is 1.78. The van der Waals surface area contributed by atoms with Crippen molar-refractivity contribution in [1.29, 1.82) is 0 Å². The molecule has 0 atom stereocenters. The Kier molecular flexibility index (Phi) is 5.67. The highest BCUT2D eigenvalue weighted by Gasteiger charge is 2.26. The van der Waals surface area contributed by atoms with E-state index >= 15 is 0 Å². The first-order valence-corrected chi connectivity index (χ1v) is 10.6. The van der Waals surface area contributed by atoms with E-state index in [-0.39, 0.29) is 11.8 Å². The van der Waals surface area contributed by atoms with Gasteiger partial charge in [-0.2, -0.15) is 5.10 Å². The molecule has 0 saturated carbocycles. The monoisotopic (exact) mass is 412 g/mol. The van der Waals surface area contributed by atoms with Gasteiger partial charge in [-0.25, -0.2) is 14.6 Å². The number of halogens is 1. The molecule has 1 aliphatic rings. The number of alkyl halides is 1. The fourth-order valence-corrected chi connectivity index (χ4v) is 3.94. The lowest BCUT2D eigenvalue weighted by Crippen LogP contribution is -2.49. The van der Waals surface area contributed by atoms with E-state index in [0.717, 1.165) is 60.0 Å². The summed E-state index contributed by atoms with van der Waals surface area (Å²) in [5.74, 6) is 1.75. The van der Waals surface area contributed by atoms with E-state index in [1.165, 1.54) is 0 Å². The highest BCUT2D eigenvalue weighted by Crippen LogP contribution is 2.30. The Hall–Kier alpha value is -2.67. The summed E-state index contributed by atoms with van der Waals surface area (Å²) in [6.45, 7) is 6.86. The Morgan fingerprint density at radius 1 is 1.10 bits per heavy atom. The van der Waals surface area contributed by atoms with E-state index in [0.29, 0.717) is 13.1 Å². The minimum Gasteiger partial charge on any atom is -0.352 e. The second-order valence-corrected chi connectivity index (χ2v) is 7.51. The zero-order valence-electron chi connectivity index (χ0n) is 16.8. The Morgan fingerprint density at radius 2 is 1.83 bits per heavy atom. The third kappa shape index (κ3) is 3.79. The van der Waals surface area contributed by atoms with Crippen LogP contribution in [0.4, 0.5) is 5.82 Å². The van der Waals surface area contributed by atoms with Gasteiger partial charge >= 0.3 is 0 Å². The smallest absolute Gasteiger partial charge is 0.237 e. The number of aromatic nitrogens is 4. The van der Waals surface area contributed by atoms with Crippen LogP contribution in [0.3, 0.4) is 0 Å². The number of hydrogen-bond donors (Lipinski definition) is 0. The molecule has 8 heteroatoms. The van der Waals surface area contributed by atoms with Crippen molar-refractivity contribution in [2.24, 2.45) is 0 Å². The largest absolute Gasteiger partial charge is 0.352 e. The first kappa shape index (κ1) is 19.6. The summed E-state index contributed by atoms with van der Waals surface area (Å²) in [6.07, 6.45) is 1.79. The fraction of sp³-hybridized carbons (Fsp3) is 0.429. The average Bonchev–Trinajstić information content (AvgIpc) is 3.10. The predicted molar refractivity (Wildman–Crippen MR) is 115 cm³/mol. The van der Waals surface area contributed by atoms with Crippen molar-refractivity contribution in [1.82, 2.24) is 24.6 Å². The van der Waals surface area contributed by atoms with E-state index < -0.39 is 0 Å². The highest BCUT2D eigenvalue weighted by molar-refractivity contribution is 6.27. The number of fused-ring (bicyclic) bond motifs is 1. The summed E-state index contributed by atoms with van der Waals surface area (Å²) in [5, 5.41) is 5.76. The molecule has 0 radical (unpaired) electrons. The molecule has 1 fully saturated rings. The summed E-state index contributed by atoms with van der Waals surface area (Å²) in [7, 11) is 0. The molecule has 3 heterocycles. The maximum Gasteiger partial charge on any atom is 0.237 e. The van der Waals surface area contributed by atoms with Crippen molar-refractivity contribution in [3.63, 3.8) is 0 Å². The molecule has 29 heavy (non-hydrogen) atoms. The lowest BCUT2D eigenvalue weighted by molar-refractivity contribution is -0.128. The zero-order chi connectivity index (χ0) is 20.4. The molecule has 0 aliphatic carbocycles. The van der Waals surface area contributed by atoms with Crippen LogP contribution in [0.1, 0.15) is 24.9 Å². The molecule has 1 saturated heterocycles. The van der Waals surface area contributed by atoms with Gasteiger partial charge in [0, 0.05) is 32.6 Å². The predicted octanol–water partition coefficient (Wildman–Crippen LogP) is 2.96. The molecule has 2 aromatic heterocycles. The maximum atomic E-state index is 11.9. The molecule has 0 bridgehead atoms. The Bertz CT molecular complexity index is 1010. The molecule has 0 N–H and O–H groups in total. The van der Waals surface area contributed by atoms with Crippen LogP contribution in [0.2, 0.25) is 0 Å². The number of carbonyl (C=O) groups is 1. The maximum absolute atomic E-state index is 11.9. The third-order valence-corrected chi connectivity index (χ3v) is 5.48. The van der Waals surface area contributed by atoms with E-state index in [1.807, 2.05) is 46.8 Å². The number of anilines is 1. The van der Waals surface area contributed by atoms with Crippen LogP contribution in [0, 0.1) is 6.92 Å². The standard InChI is InChI=1S/C21H25ClN6O/c1-3-7-17-23-20(27-12-10-26(11-13-27)18(29)14-22)19-15(2)25-28(21(19)24-17)16-8-5-4-6-9-16/h4-6,8-9H,3,7,10-14H2,1-2H3. The zero-order valence-corrected chi connectivity index (χ0v) is 17.6. The van der Waals surface area contributed by atoms with Gasteiger partial charge < -0.3 is 9.80 Å². The molecule has 1 aromatic carbocycles. The van der Waals surface area contributed by atoms with E-state index in [2.05, 4.69) is 11.8 Å². The van der Waals surface area contributed by atoms with Crippen LogP contribution in [-0.4, -0.2) is 62.6 Å². The number of aryl methyl sites for hydroxylation is 2. The van der Waals surface area contributed by atoms with Crippen molar-refractivity contribution in [3.8, 4) is 5.69 Å². The molecular formula is C21H25ClN6O. The van der Waals surface area contributed by atoms with Gasteiger partial charge in [-0.1, -0.05) is 25.1 Å². The van der Waals surface area contributed by atoms with E-state index in [9.17, 15) is 4.79 Å². The third-order valence-electron chi connectivity index (χ3n) is 5.25. The molecule has 3 aromatic rings. The van der Waals surface area contributed by atoms with Crippen LogP contribution < -0.4 is 4.90 Å². The van der Waals surface area contributed by atoms with Gasteiger partial charge in [-0.05, 0) is 25.5 Å². The van der Waals surface area contributed by atoms with Crippen molar-refractivity contribution in [3.05, 3.63) is 41.9 Å². The fourth-order valence-electron chi connectivity index (χ4n) is 3.77. The van der Waals surface area contributed by atoms with Gasteiger partial charge in [-0.15, -0.1) is 11.6 Å².